The maximum atomic E-state index is 12.7. The fourth-order valence-corrected chi connectivity index (χ4v) is 2.87. The van der Waals surface area contributed by atoms with E-state index in [1.807, 2.05) is 22.9 Å². The minimum atomic E-state index is -0.121. The molecule has 1 amide bonds. The van der Waals surface area contributed by atoms with Crippen molar-refractivity contribution in [1.82, 2.24) is 20.1 Å². The second kappa shape index (κ2) is 5.78. The Hall–Kier alpha value is -2.63. The van der Waals surface area contributed by atoms with Gasteiger partial charge in [0.05, 0.1) is 30.0 Å². The highest BCUT2D eigenvalue weighted by Crippen LogP contribution is 2.40. The molecule has 1 aliphatic rings. The minimum absolute atomic E-state index is 0.121. The number of aromatic nitrogens is 3. The zero-order valence-corrected chi connectivity index (χ0v) is 13.8. The van der Waals surface area contributed by atoms with Crippen molar-refractivity contribution in [3.8, 4) is 0 Å². The van der Waals surface area contributed by atoms with Crippen molar-refractivity contribution in [3.05, 3.63) is 47.7 Å². The Morgan fingerprint density at radius 2 is 2.29 bits per heavy atom. The van der Waals surface area contributed by atoms with E-state index in [1.54, 1.807) is 12.5 Å². The first kappa shape index (κ1) is 14.9. The molecule has 0 atom stereocenters. The molecule has 24 heavy (non-hydrogen) atoms. The number of fused-ring (bicyclic) bond motifs is 1. The van der Waals surface area contributed by atoms with Crippen LogP contribution in [0.1, 0.15) is 60.5 Å². The first-order valence-corrected chi connectivity index (χ1v) is 8.32. The van der Waals surface area contributed by atoms with Crippen molar-refractivity contribution in [2.45, 2.75) is 45.2 Å². The first-order chi connectivity index (χ1) is 11.6. The highest BCUT2D eigenvalue weighted by Gasteiger charge is 2.28. The average molecular weight is 324 g/mol. The van der Waals surface area contributed by atoms with Gasteiger partial charge < -0.3 is 9.73 Å². The largest absolute Gasteiger partial charge is 0.467 e. The summed E-state index contributed by atoms with van der Waals surface area (Å²) in [5.74, 6) is 1.08. The van der Waals surface area contributed by atoms with Gasteiger partial charge in [0.1, 0.15) is 5.76 Å². The molecule has 0 aromatic carbocycles. The lowest BCUT2D eigenvalue weighted by Crippen LogP contribution is -2.23. The fraction of sp³-hybridized carbons (Fsp3) is 0.389. The molecule has 1 saturated carbocycles. The van der Waals surface area contributed by atoms with Gasteiger partial charge in [-0.05, 0) is 44.9 Å². The summed E-state index contributed by atoms with van der Waals surface area (Å²) in [5.41, 5.74) is 2.42. The Bertz CT molecular complexity index is 876. The lowest BCUT2D eigenvalue weighted by Gasteiger charge is -2.10. The lowest BCUT2D eigenvalue weighted by molar-refractivity contribution is 0.0949. The zero-order chi connectivity index (χ0) is 16.7. The summed E-state index contributed by atoms with van der Waals surface area (Å²) in [6, 6.07) is 5.77. The third kappa shape index (κ3) is 2.68. The van der Waals surface area contributed by atoms with Gasteiger partial charge >= 0.3 is 0 Å². The van der Waals surface area contributed by atoms with Crippen LogP contribution in [-0.4, -0.2) is 20.7 Å². The number of carbonyl (C=O) groups excluding carboxylic acids is 1. The number of amides is 1. The Balaban J connectivity index is 1.71. The summed E-state index contributed by atoms with van der Waals surface area (Å²) in [5, 5.41) is 8.14. The molecule has 0 bridgehead atoms. The smallest absolute Gasteiger partial charge is 0.252 e. The van der Waals surface area contributed by atoms with Crippen LogP contribution in [0.2, 0.25) is 0 Å². The van der Waals surface area contributed by atoms with E-state index in [4.69, 9.17) is 9.40 Å². The Kier molecular flexibility index (Phi) is 3.59. The van der Waals surface area contributed by atoms with E-state index in [1.165, 1.54) is 0 Å². The van der Waals surface area contributed by atoms with E-state index < -0.39 is 0 Å². The maximum Gasteiger partial charge on any atom is 0.252 e. The molecule has 4 rings (SSSR count). The molecular formula is C18H20N4O2. The van der Waals surface area contributed by atoms with Gasteiger partial charge in [0.2, 0.25) is 0 Å². The van der Waals surface area contributed by atoms with E-state index in [2.05, 4.69) is 24.3 Å². The second-order valence-electron chi connectivity index (χ2n) is 6.55. The number of pyridine rings is 1. The quantitative estimate of drug-likeness (QED) is 0.780. The number of hydrogen-bond acceptors (Lipinski definition) is 4. The molecule has 0 saturated heterocycles. The zero-order valence-electron chi connectivity index (χ0n) is 13.8. The molecule has 3 aromatic rings. The molecule has 1 aliphatic carbocycles. The summed E-state index contributed by atoms with van der Waals surface area (Å²) >= 11 is 0. The molecule has 3 aromatic heterocycles. The summed E-state index contributed by atoms with van der Waals surface area (Å²) in [6.07, 6.45) is 5.62. The van der Waals surface area contributed by atoms with Crippen molar-refractivity contribution in [2.75, 3.05) is 0 Å². The molecular weight excluding hydrogens is 304 g/mol. The van der Waals surface area contributed by atoms with Gasteiger partial charge in [-0.2, -0.15) is 5.10 Å². The monoisotopic (exact) mass is 324 g/mol. The number of furan rings is 1. The molecule has 6 nitrogen and oxygen atoms in total. The van der Waals surface area contributed by atoms with Crippen LogP contribution in [0.3, 0.4) is 0 Å². The van der Waals surface area contributed by atoms with E-state index in [9.17, 15) is 4.79 Å². The average Bonchev–Trinajstić information content (AvgIpc) is 3.12. The number of hydrogen-bond donors (Lipinski definition) is 1. The SMILES string of the molecule is CC(C)n1ncc2c(C(=O)NCc3ccco3)cc(C3CC3)nc21. The Morgan fingerprint density at radius 3 is 2.96 bits per heavy atom. The molecule has 124 valence electrons. The number of rotatable bonds is 5. The Morgan fingerprint density at radius 1 is 1.46 bits per heavy atom. The number of carbonyl (C=O) groups is 1. The fourth-order valence-electron chi connectivity index (χ4n) is 2.87. The standard InChI is InChI=1S/C18H20N4O2/c1-11(2)22-17-15(10-20-22)14(8-16(21-17)12-5-6-12)18(23)19-9-13-4-3-7-24-13/h3-4,7-8,10-12H,5-6,9H2,1-2H3,(H,19,23). The number of nitrogens with zero attached hydrogens (tertiary/aromatic N) is 3. The topological polar surface area (TPSA) is 73.0 Å². The molecule has 1 N–H and O–H groups in total. The van der Waals surface area contributed by atoms with E-state index >= 15 is 0 Å². The van der Waals surface area contributed by atoms with E-state index in [0.717, 1.165) is 35.3 Å². The molecule has 6 heteroatoms. The highest BCUT2D eigenvalue weighted by molar-refractivity contribution is 6.05. The third-order valence-electron chi connectivity index (χ3n) is 4.32. The summed E-state index contributed by atoms with van der Waals surface area (Å²) in [4.78, 5) is 17.5. The van der Waals surface area contributed by atoms with Crippen LogP contribution < -0.4 is 5.32 Å². The van der Waals surface area contributed by atoms with Crippen LogP contribution in [-0.2, 0) is 6.54 Å². The molecule has 1 fully saturated rings. The van der Waals surface area contributed by atoms with E-state index in [0.29, 0.717) is 18.0 Å². The van der Waals surface area contributed by atoms with E-state index in [-0.39, 0.29) is 11.9 Å². The maximum absolute atomic E-state index is 12.7. The van der Waals surface area contributed by atoms with Gasteiger partial charge in [0.15, 0.2) is 5.65 Å². The van der Waals surface area contributed by atoms with Crippen LogP contribution in [0.5, 0.6) is 0 Å². The molecule has 0 unspecified atom stereocenters. The lowest BCUT2D eigenvalue weighted by atomic mass is 10.1. The van der Waals surface area contributed by atoms with Gasteiger partial charge in [0.25, 0.3) is 5.91 Å². The molecule has 0 spiro atoms. The van der Waals surface area contributed by atoms with Crippen molar-refractivity contribution in [2.24, 2.45) is 0 Å². The van der Waals surface area contributed by atoms with Gasteiger partial charge in [0, 0.05) is 17.7 Å². The van der Waals surface area contributed by atoms with Crippen LogP contribution in [0.25, 0.3) is 11.0 Å². The van der Waals surface area contributed by atoms with Crippen molar-refractivity contribution in [3.63, 3.8) is 0 Å². The predicted molar refractivity (Wildman–Crippen MR) is 89.8 cm³/mol. The minimum Gasteiger partial charge on any atom is -0.467 e. The normalized spacial score (nSPS) is 14.5. The van der Waals surface area contributed by atoms with Gasteiger partial charge in [-0.15, -0.1) is 0 Å². The first-order valence-electron chi connectivity index (χ1n) is 8.32. The number of nitrogens with one attached hydrogen (secondary N) is 1. The summed E-state index contributed by atoms with van der Waals surface area (Å²) in [6.45, 7) is 4.50. The second-order valence-corrected chi connectivity index (χ2v) is 6.55. The molecule has 3 heterocycles. The summed E-state index contributed by atoms with van der Waals surface area (Å²) < 4.78 is 7.15. The van der Waals surface area contributed by atoms with Crippen molar-refractivity contribution in [1.29, 1.82) is 0 Å². The van der Waals surface area contributed by atoms with Gasteiger partial charge in [-0.1, -0.05) is 0 Å². The molecule has 0 radical (unpaired) electrons. The van der Waals surface area contributed by atoms with Crippen LogP contribution >= 0.6 is 0 Å². The Labute approximate surface area is 139 Å². The van der Waals surface area contributed by atoms with Gasteiger partial charge in [-0.3, -0.25) is 4.79 Å². The molecule has 0 aliphatic heterocycles. The van der Waals surface area contributed by atoms with Crippen LogP contribution in [0.15, 0.2) is 35.1 Å². The summed E-state index contributed by atoms with van der Waals surface area (Å²) in [7, 11) is 0. The van der Waals surface area contributed by atoms with Crippen molar-refractivity contribution < 1.29 is 9.21 Å². The van der Waals surface area contributed by atoms with Crippen molar-refractivity contribution >= 4 is 16.9 Å². The predicted octanol–water partition coefficient (Wildman–Crippen LogP) is 3.41. The highest BCUT2D eigenvalue weighted by atomic mass is 16.3. The van der Waals surface area contributed by atoms with Crippen LogP contribution in [0, 0.1) is 0 Å². The van der Waals surface area contributed by atoms with Crippen LogP contribution in [0.4, 0.5) is 0 Å². The third-order valence-corrected chi connectivity index (χ3v) is 4.32. The van der Waals surface area contributed by atoms with Gasteiger partial charge in [-0.25, -0.2) is 9.67 Å².